The molecular formula is C23H25NO4. The molecule has 0 aliphatic carbocycles. The molecule has 0 spiro atoms. The quantitative estimate of drug-likeness (QED) is 0.748. The van der Waals surface area contributed by atoms with Crippen molar-refractivity contribution in [3.8, 4) is 17.2 Å². The molecule has 0 bridgehead atoms. The van der Waals surface area contributed by atoms with E-state index in [1.807, 2.05) is 36.4 Å². The summed E-state index contributed by atoms with van der Waals surface area (Å²) < 4.78 is 17.3. The summed E-state index contributed by atoms with van der Waals surface area (Å²) in [4.78, 5) is 15.5. The van der Waals surface area contributed by atoms with Gasteiger partial charge in [-0.2, -0.15) is 0 Å². The van der Waals surface area contributed by atoms with Crippen LogP contribution in [0, 0.1) is 0 Å². The number of ether oxygens (including phenoxy) is 3. The van der Waals surface area contributed by atoms with Crippen LogP contribution < -0.4 is 14.2 Å². The van der Waals surface area contributed by atoms with Crippen molar-refractivity contribution in [2.75, 3.05) is 34.4 Å². The fourth-order valence-corrected chi connectivity index (χ4v) is 4.04. The summed E-state index contributed by atoms with van der Waals surface area (Å²) in [5, 5.41) is 0. The Hall–Kier alpha value is -2.79. The standard InChI is InChI=1S/C23H25NO4/c1-24-11-9-16(10-12-24)20-17(26-2)14-18(27-3)21-22(25)19(28-23(20)21)13-15-7-5-4-6-8-15/h4-8,13-14,16H,9-12H2,1-3H3/b19-13-. The van der Waals surface area contributed by atoms with Crippen LogP contribution in [-0.4, -0.2) is 45.0 Å². The number of piperidine rings is 1. The van der Waals surface area contributed by atoms with Crippen LogP contribution in [0.5, 0.6) is 17.2 Å². The van der Waals surface area contributed by atoms with Crippen molar-refractivity contribution in [3.05, 3.63) is 58.8 Å². The molecule has 0 aromatic heterocycles. The van der Waals surface area contributed by atoms with E-state index < -0.39 is 0 Å². The van der Waals surface area contributed by atoms with E-state index >= 15 is 0 Å². The molecule has 1 fully saturated rings. The van der Waals surface area contributed by atoms with Gasteiger partial charge in [0.2, 0.25) is 5.78 Å². The Labute approximate surface area is 165 Å². The molecule has 5 nitrogen and oxygen atoms in total. The third-order valence-electron chi connectivity index (χ3n) is 5.57. The second kappa shape index (κ2) is 7.68. The molecule has 2 aliphatic heterocycles. The summed E-state index contributed by atoms with van der Waals surface area (Å²) in [7, 11) is 5.35. The number of hydrogen-bond acceptors (Lipinski definition) is 5. The number of Topliss-reactive ketones (excluding diaryl/α,β-unsaturated/α-hetero) is 1. The zero-order valence-corrected chi connectivity index (χ0v) is 16.5. The first-order valence-electron chi connectivity index (χ1n) is 9.59. The minimum atomic E-state index is -0.146. The van der Waals surface area contributed by atoms with Crippen LogP contribution >= 0.6 is 0 Å². The van der Waals surface area contributed by atoms with Gasteiger partial charge >= 0.3 is 0 Å². The fourth-order valence-electron chi connectivity index (χ4n) is 4.04. The molecule has 2 aromatic carbocycles. The summed E-state index contributed by atoms with van der Waals surface area (Å²) in [6, 6.07) is 11.5. The third kappa shape index (κ3) is 3.27. The average Bonchev–Trinajstić information content (AvgIpc) is 3.04. The van der Waals surface area contributed by atoms with E-state index in [2.05, 4.69) is 11.9 Å². The van der Waals surface area contributed by atoms with Crippen LogP contribution in [-0.2, 0) is 0 Å². The molecule has 0 N–H and O–H groups in total. The second-order valence-corrected chi connectivity index (χ2v) is 7.33. The van der Waals surface area contributed by atoms with Crippen molar-refractivity contribution in [2.24, 2.45) is 0 Å². The van der Waals surface area contributed by atoms with Gasteiger partial charge in [0.1, 0.15) is 22.8 Å². The van der Waals surface area contributed by atoms with Crippen molar-refractivity contribution in [1.82, 2.24) is 4.90 Å². The monoisotopic (exact) mass is 379 g/mol. The Morgan fingerprint density at radius 2 is 1.75 bits per heavy atom. The van der Waals surface area contributed by atoms with Crippen molar-refractivity contribution < 1.29 is 19.0 Å². The van der Waals surface area contributed by atoms with Gasteiger partial charge in [0.05, 0.1) is 14.2 Å². The summed E-state index contributed by atoms with van der Waals surface area (Å²) in [5.74, 6) is 2.27. The Balaban J connectivity index is 1.81. The van der Waals surface area contributed by atoms with E-state index in [-0.39, 0.29) is 11.7 Å². The topological polar surface area (TPSA) is 48.0 Å². The summed E-state index contributed by atoms with van der Waals surface area (Å²) in [5.41, 5.74) is 2.40. The van der Waals surface area contributed by atoms with Crippen molar-refractivity contribution in [1.29, 1.82) is 0 Å². The number of likely N-dealkylation sites (tertiary alicyclic amines) is 1. The van der Waals surface area contributed by atoms with Crippen LogP contribution in [0.25, 0.3) is 6.08 Å². The average molecular weight is 379 g/mol. The summed E-state index contributed by atoms with van der Waals surface area (Å²) in [6.07, 6.45) is 3.79. The SMILES string of the molecule is COc1cc(OC)c(C2CCN(C)CC2)c2c1C(=O)/C(=C/c1ccccc1)O2. The molecule has 146 valence electrons. The van der Waals surface area contributed by atoms with Gasteiger partial charge in [-0.1, -0.05) is 30.3 Å². The first-order valence-corrected chi connectivity index (χ1v) is 9.59. The van der Waals surface area contributed by atoms with Crippen LogP contribution in [0.15, 0.2) is 42.2 Å². The number of carbonyl (C=O) groups excluding carboxylic acids is 1. The summed E-state index contributed by atoms with van der Waals surface area (Å²) in [6.45, 7) is 2.02. The van der Waals surface area contributed by atoms with Crippen LogP contribution in [0.4, 0.5) is 0 Å². The highest BCUT2D eigenvalue weighted by molar-refractivity contribution is 6.16. The highest BCUT2D eigenvalue weighted by Crippen LogP contribution is 2.50. The Bertz CT molecular complexity index is 912. The van der Waals surface area contributed by atoms with E-state index in [4.69, 9.17) is 14.2 Å². The van der Waals surface area contributed by atoms with E-state index in [9.17, 15) is 4.79 Å². The van der Waals surface area contributed by atoms with Gasteiger partial charge in [0, 0.05) is 11.6 Å². The lowest BCUT2D eigenvalue weighted by atomic mass is 9.86. The predicted octanol–water partition coefficient (Wildman–Crippen LogP) is 4.13. The molecular weight excluding hydrogens is 354 g/mol. The zero-order valence-electron chi connectivity index (χ0n) is 16.5. The summed E-state index contributed by atoms with van der Waals surface area (Å²) >= 11 is 0. The number of carbonyl (C=O) groups is 1. The molecule has 0 unspecified atom stereocenters. The minimum Gasteiger partial charge on any atom is -0.496 e. The van der Waals surface area contributed by atoms with Gasteiger partial charge in [0.25, 0.3) is 0 Å². The molecule has 0 amide bonds. The van der Waals surface area contributed by atoms with Crippen molar-refractivity contribution in [2.45, 2.75) is 18.8 Å². The Morgan fingerprint density at radius 1 is 1.07 bits per heavy atom. The first kappa shape index (κ1) is 18.6. The number of hydrogen-bond donors (Lipinski definition) is 0. The molecule has 2 heterocycles. The van der Waals surface area contributed by atoms with Crippen molar-refractivity contribution >= 4 is 11.9 Å². The lowest BCUT2D eigenvalue weighted by molar-refractivity contribution is 0.101. The van der Waals surface area contributed by atoms with E-state index in [1.165, 1.54) is 0 Å². The maximum absolute atomic E-state index is 13.1. The van der Waals surface area contributed by atoms with Gasteiger partial charge in [-0.15, -0.1) is 0 Å². The maximum atomic E-state index is 13.1. The molecule has 2 aliphatic rings. The fraction of sp³-hybridized carbons (Fsp3) is 0.348. The first-order chi connectivity index (χ1) is 13.6. The van der Waals surface area contributed by atoms with Crippen LogP contribution in [0.2, 0.25) is 0 Å². The zero-order chi connectivity index (χ0) is 19.7. The van der Waals surface area contributed by atoms with E-state index in [1.54, 1.807) is 20.3 Å². The Morgan fingerprint density at radius 3 is 2.39 bits per heavy atom. The van der Waals surface area contributed by atoms with Gasteiger partial charge in [-0.05, 0) is 50.5 Å². The second-order valence-electron chi connectivity index (χ2n) is 7.33. The molecule has 0 radical (unpaired) electrons. The van der Waals surface area contributed by atoms with E-state index in [0.717, 1.165) is 42.8 Å². The molecule has 28 heavy (non-hydrogen) atoms. The van der Waals surface area contributed by atoms with Gasteiger partial charge in [-0.3, -0.25) is 4.79 Å². The lowest BCUT2D eigenvalue weighted by Crippen LogP contribution is -2.29. The van der Waals surface area contributed by atoms with Crippen LogP contribution in [0.3, 0.4) is 0 Å². The maximum Gasteiger partial charge on any atom is 0.235 e. The number of nitrogens with zero attached hydrogens (tertiary/aromatic N) is 1. The molecule has 2 aromatic rings. The lowest BCUT2D eigenvalue weighted by Gasteiger charge is -2.30. The van der Waals surface area contributed by atoms with E-state index in [0.29, 0.717) is 22.8 Å². The van der Waals surface area contributed by atoms with Crippen LogP contribution in [0.1, 0.15) is 40.2 Å². The molecule has 5 heteroatoms. The van der Waals surface area contributed by atoms with Gasteiger partial charge < -0.3 is 19.1 Å². The van der Waals surface area contributed by atoms with Gasteiger partial charge in [0.15, 0.2) is 5.76 Å². The highest BCUT2D eigenvalue weighted by Gasteiger charge is 2.38. The number of fused-ring (bicyclic) bond motifs is 1. The third-order valence-corrected chi connectivity index (χ3v) is 5.57. The minimum absolute atomic E-state index is 0.146. The number of methoxy groups -OCH3 is 2. The predicted molar refractivity (Wildman–Crippen MR) is 108 cm³/mol. The smallest absolute Gasteiger partial charge is 0.235 e. The van der Waals surface area contributed by atoms with Gasteiger partial charge in [-0.25, -0.2) is 0 Å². The number of rotatable bonds is 4. The highest BCUT2D eigenvalue weighted by atomic mass is 16.5. The molecule has 4 rings (SSSR count). The largest absolute Gasteiger partial charge is 0.496 e. The Kier molecular flexibility index (Phi) is 5.09. The molecule has 0 saturated carbocycles. The number of benzene rings is 2. The van der Waals surface area contributed by atoms with Crippen molar-refractivity contribution in [3.63, 3.8) is 0 Å². The number of ketones is 1. The molecule has 1 saturated heterocycles. The normalized spacial score (nSPS) is 18.8. The molecule has 0 atom stereocenters. The number of allylic oxidation sites excluding steroid dienone is 1.